The summed E-state index contributed by atoms with van der Waals surface area (Å²) in [5.41, 5.74) is 1.52. The molecule has 0 radical (unpaired) electrons. The van der Waals surface area contributed by atoms with E-state index in [1.165, 1.54) is 12.1 Å². The molecule has 1 saturated carbocycles. The molecule has 1 aliphatic carbocycles. The fraction of sp³-hybridized carbons (Fsp3) is 0.625. The van der Waals surface area contributed by atoms with E-state index in [1.54, 1.807) is 17.3 Å². The van der Waals surface area contributed by atoms with Crippen molar-refractivity contribution in [2.24, 2.45) is 10.5 Å². The SMILES string of the molecule is CC1(C)CC/C1=N/n1cnnc1. The standard InChI is InChI=1S/C8H12N4/c1-8(2)4-3-7(8)11-12-5-9-10-6-12/h5-6H,3-4H2,1-2H3/b11-7-. The van der Waals surface area contributed by atoms with E-state index in [2.05, 4.69) is 29.1 Å². The topological polar surface area (TPSA) is 43.1 Å². The first-order valence-corrected chi connectivity index (χ1v) is 4.11. The first kappa shape index (κ1) is 7.46. The summed E-state index contributed by atoms with van der Waals surface area (Å²) in [5.74, 6) is 0. The lowest BCUT2D eigenvalue weighted by molar-refractivity contribution is 0.403. The van der Waals surface area contributed by atoms with Crippen LogP contribution in [0.1, 0.15) is 26.7 Å². The van der Waals surface area contributed by atoms with E-state index in [9.17, 15) is 0 Å². The van der Waals surface area contributed by atoms with Crippen LogP contribution in [0.3, 0.4) is 0 Å². The zero-order valence-corrected chi connectivity index (χ0v) is 7.36. The fourth-order valence-corrected chi connectivity index (χ4v) is 1.31. The predicted octanol–water partition coefficient (Wildman–Crippen LogP) is 1.30. The van der Waals surface area contributed by atoms with Crippen molar-refractivity contribution in [3.05, 3.63) is 12.7 Å². The van der Waals surface area contributed by atoms with E-state index in [0.29, 0.717) is 0 Å². The van der Waals surface area contributed by atoms with Gasteiger partial charge in [0.15, 0.2) is 0 Å². The molecule has 0 amide bonds. The Labute approximate surface area is 71.3 Å². The lowest BCUT2D eigenvalue weighted by Crippen LogP contribution is -2.35. The van der Waals surface area contributed by atoms with Gasteiger partial charge in [0, 0.05) is 11.1 Å². The molecule has 0 aromatic carbocycles. The molecule has 0 N–H and O–H groups in total. The number of rotatable bonds is 1. The van der Waals surface area contributed by atoms with Crippen LogP contribution >= 0.6 is 0 Å². The van der Waals surface area contributed by atoms with Crippen molar-refractivity contribution in [2.45, 2.75) is 26.7 Å². The zero-order valence-electron chi connectivity index (χ0n) is 7.36. The second kappa shape index (κ2) is 2.40. The van der Waals surface area contributed by atoms with Gasteiger partial charge < -0.3 is 0 Å². The second-order valence-electron chi connectivity index (χ2n) is 3.77. The average molecular weight is 164 g/mol. The van der Waals surface area contributed by atoms with Crippen molar-refractivity contribution < 1.29 is 0 Å². The number of hydrogen-bond donors (Lipinski definition) is 0. The third-order valence-electron chi connectivity index (χ3n) is 2.41. The molecule has 2 rings (SSSR count). The van der Waals surface area contributed by atoms with Gasteiger partial charge in [-0.25, -0.2) is 4.68 Å². The Balaban J connectivity index is 2.20. The van der Waals surface area contributed by atoms with Crippen LogP contribution in [0, 0.1) is 5.41 Å². The maximum Gasteiger partial charge on any atom is 0.141 e. The van der Waals surface area contributed by atoms with Crippen LogP contribution in [-0.4, -0.2) is 20.6 Å². The summed E-state index contributed by atoms with van der Waals surface area (Å²) in [6, 6.07) is 0. The summed E-state index contributed by atoms with van der Waals surface area (Å²) in [7, 11) is 0. The number of nitrogens with zero attached hydrogens (tertiary/aromatic N) is 4. The van der Waals surface area contributed by atoms with Gasteiger partial charge in [-0.15, -0.1) is 10.2 Å². The van der Waals surface area contributed by atoms with E-state index in [1.807, 2.05) is 0 Å². The van der Waals surface area contributed by atoms with Gasteiger partial charge in [-0.2, -0.15) is 5.10 Å². The molecule has 0 atom stereocenters. The van der Waals surface area contributed by atoms with Crippen LogP contribution in [-0.2, 0) is 0 Å². The van der Waals surface area contributed by atoms with E-state index in [4.69, 9.17) is 0 Å². The highest BCUT2D eigenvalue weighted by Crippen LogP contribution is 2.36. The Hall–Kier alpha value is -1.19. The van der Waals surface area contributed by atoms with Gasteiger partial charge in [-0.1, -0.05) is 13.8 Å². The zero-order chi connectivity index (χ0) is 8.60. The molecule has 4 nitrogen and oxygen atoms in total. The monoisotopic (exact) mass is 164 g/mol. The van der Waals surface area contributed by atoms with Gasteiger partial charge in [0.1, 0.15) is 12.7 Å². The van der Waals surface area contributed by atoms with Gasteiger partial charge >= 0.3 is 0 Å². The van der Waals surface area contributed by atoms with Gasteiger partial charge in [0.2, 0.25) is 0 Å². The Morgan fingerprint density at radius 2 is 2.08 bits per heavy atom. The highest BCUT2D eigenvalue weighted by Gasteiger charge is 2.34. The maximum absolute atomic E-state index is 4.39. The van der Waals surface area contributed by atoms with E-state index >= 15 is 0 Å². The maximum atomic E-state index is 4.39. The van der Waals surface area contributed by atoms with Crippen molar-refractivity contribution in [3.63, 3.8) is 0 Å². The van der Waals surface area contributed by atoms with Crippen molar-refractivity contribution in [1.29, 1.82) is 0 Å². The lowest BCUT2D eigenvalue weighted by atomic mass is 9.70. The molecule has 64 valence electrons. The molecule has 4 heteroatoms. The highest BCUT2D eigenvalue weighted by atomic mass is 15.4. The van der Waals surface area contributed by atoms with Crippen LogP contribution in [0.5, 0.6) is 0 Å². The third kappa shape index (κ3) is 1.13. The molecule has 0 saturated heterocycles. The fourth-order valence-electron chi connectivity index (χ4n) is 1.31. The van der Waals surface area contributed by atoms with Gasteiger partial charge in [-0.05, 0) is 12.8 Å². The van der Waals surface area contributed by atoms with Crippen molar-refractivity contribution >= 4 is 5.71 Å². The lowest BCUT2D eigenvalue weighted by Gasteiger charge is -2.36. The van der Waals surface area contributed by atoms with Gasteiger partial charge in [0.05, 0.1) is 0 Å². The predicted molar refractivity (Wildman–Crippen MR) is 45.9 cm³/mol. The molecule has 0 bridgehead atoms. The quantitative estimate of drug-likeness (QED) is 0.628. The molecule has 1 aromatic rings. The molecule has 0 unspecified atom stereocenters. The third-order valence-corrected chi connectivity index (χ3v) is 2.41. The molecule has 1 heterocycles. The van der Waals surface area contributed by atoms with E-state index < -0.39 is 0 Å². The molecule has 0 spiro atoms. The molecule has 1 aromatic heterocycles. The number of hydrogen-bond acceptors (Lipinski definition) is 3. The minimum absolute atomic E-state index is 0.282. The average Bonchev–Trinajstić information content (AvgIpc) is 2.50. The normalized spacial score (nSPS) is 24.0. The molecule has 12 heavy (non-hydrogen) atoms. The smallest absolute Gasteiger partial charge is 0.141 e. The first-order valence-electron chi connectivity index (χ1n) is 4.11. The second-order valence-corrected chi connectivity index (χ2v) is 3.77. The summed E-state index contributed by atoms with van der Waals surface area (Å²) in [4.78, 5) is 0. The summed E-state index contributed by atoms with van der Waals surface area (Å²) >= 11 is 0. The Bertz CT molecular complexity index is 297. The number of aromatic nitrogens is 3. The summed E-state index contributed by atoms with van der Waals surface area (Å²) in [6.07, 6.45) is 5.56. The largest absolute Gasteiger partial charge is 0.208 e. The first-order chi connectivity index (χ1) is 5.68. The highest BCUT2D eigenvalue weighted by molar-refractivity contribution is 5.94. The Kier molecular flexibility index (Phi) is 1.49. The van der Waals surface area contributed by atoms with Crippen LogP contribution < -0.4 is 0 Å². The van der Waals surface area contributed by atoms with Gasteiger partial charge in [0.25, 0.3) is 0 Å². The summed E-state index contributed by atoms with van der Waals surface area (Å²) in [5, 5.41) is 11.8. The van der Waals surface area contributed by atoms with Gasteiger partial charge in [-0.3, -0.25) is 0 Å². The minimum atomic E-state index is 0.282. The van der Waals surface area contributed by atoms with Crippen molar-refractivity contribution in [3.8, 4) is 0 Å². The van der Waals surface area contributed by atoms with E-state index in [0.717, 1.165) is 6.42 Å². The molecule has 0 aliphatic heterocycles. The van der Waals surface area contributed by atoms with Crippen molar-refractivity contribution in [1.82, 2.24) is 14.9 Å². The summed E-state index contributed by atoms with van der Waals surface area (Å²) in [6.45, 7) is 4.42. The minimum Gasteiger partial charge on any atom is -0.208 e. The van der Waals surface area contributed by atoms with E-state index in [-0.39, 0.29) is 5.41 Å². The summed E-state index contributed by atoms with van der Waals surface area (Å²) < 4.78 is 1.66. The van der Waals surface area contributed by atoms with Crippen LogP contribution in [0.15, 0.2) is 17.8 Å². The van der Waals surface area contributed by atoms with Crippen LogP contribution in [0.4, 0.5) is 0 Å². The molecular formula is C8H12N4. The molecule has 1 fully saturated rings. The Morgan fingerprint density at radius 1 is 1.42 bits per heavy atom. The van der Waals surface area contributed by atoms with Crippen LogP contribution in [0.2, 0.25) is 0 Å². The Morgan fingerprint density at radius 3 is 2.50 bits per heavy atom. The van der Waals surface area contributed by atoms with Crippen LogP contribution in [0.25, 0.3) is 0 Å². The van der Waals surface area contributed by atoms with Crippen molar-refractivity contribution in [2.75, 3.05) is 0 Å². The molecular weight excluding hydrogens is 152 g/mol. The molecule has 1 aliphatic rings.